The lowest BCUT2D eigenvalue weighted by Crippen LogP contribution is -2.31. The summed E-state index contributed by atoms with van der Waals surface area (Å²) in [6.07, 6.45) is 0.476. The van der Waals surface area contributed by atoms with E-state index in [-0.39, 0.29) is 17.4 Å². The van der Waals surface area contributed by atoms with E-state index in [1.54, 1.807) is 12.1 Å². The molecule has 0 radical (unpaired) electrons. The van der Waals surface area contributed by atoms with Crippen molar-refractivity contribution in [1.82, 2.24) is 5.32 Å². The van der Waals surface area contributed by atoms with Crippen molar-refractivity contribution in [3.8, 4) is 0 Å². The van der Waals surface area contributed by atoms with Crippen LogP contribution in [0.5, 0.6) is 0 Å². The number of hydrogen-bond donors (Lipinski definition) is 1. The maximum atomic E-state index is 12.0. The van der Waals surface area contributed by atoms with Crippen LogP contribution in [0.2, 0.25) is 10.0 Å². The summed E-state index contributed by atoms with van der Waals surface area (Å²) in [5.74, 6) is 0.0306. The molecule has 1 unspecified atom stereocenters. The molecule has 0 saturated carbocycles. The third-order valence-corrected chi connectivity index (χ3v) is 5.08. The molecule has 0 aromatic heterocycles. The molecule has 0 spiro atoms. The summed E-state index contributed by atoms with van der Waals surface area (Å²) in [4.78, 5) is 12.0. The van der Waals surface area contributed by atoms with Crippen LogP contribution < -0.4 is 5.32 Å². The van der Waals surface area contributed by atoms with Crippen LogP contribution in [0.1, 0.15) is 38.8 Å². The number of alkyl halides is 1. The molecule has 0 saturated heterocycles. The first-order valence-electron chi connectivity index (χ1n) is 6.05. The second-order valence-corrected chi connectivity index (χ2v) is 6.81. The Morgan fingerprint density at radius 2 is 2.00 bits per heavy atom. The van der Waals surface area contributed by atoms with Crippen LogP contribution >= 0.6 is 39.1 Å². The van der Waals surface area contributed by atoms with Crippen LogP contribution in [-0.2, 0) is 4.79 Å². The van der Waals surface area contributed by atoms with Crippen molar-refractivity contribution in [2.75, 3.05) is 5.33 Å². The molecule has 106 valence electrons. The van der Waals surface area contributed by atoms with Gasteiger partial charge in [-0.25, -0.2) is 0 Å². The van der Waals surface area contributed by atoms with Crippen molar-refractivity contribution in [2.24, 2.45) is 5.41 Å². The zero-order valence-corrected chi connectivity index (χ0v) is 14.4. The zero-order chi connectivity index (χ0) is 14.6. The van der Waals surface area contributed by atoms with E-state index in [1.165, 1.54) is 0 Å². The van der Waals surface area contributed by atoms with Crippen LogP contribution in [0.4, 0.5) is 0 Å². The molecule has 19 heavy (non-hydrogen) atoms. The molecule has 1 aromatic carbocycles. The molecule has 0 aliphatic rings. The first-order valence-corrected chi connectivity index (χ1v) is 7.93. The number of rotatable bonds is 5. The molecule has 0 aliphatic carbocycles. The van der Waals surface area contributed by atoms with E-state index in [2.05, 4.69) is 21.2 Å². The Morgan fingerprint density at radius 3 is 2.53 bits per heavy atom. The highest BCUT2D eigenvalue weighted by Gasteiger charge is 2.21. The fraction of sp³-hybridized carbons (Fsp3) is 0.500. The molecule has 1 aromatic rings. The van der Waals surface area contributed by atoms with Crippen molar-refractivity contribution >= 4 is 45.0 Å². The minimum atomic E-state index is -0.0895. The average Bonchev–Trinajstić information content (AvgIpc) is 2.31. The standard InChI is InChI=1S/C14H18BrCl2NO/c1-9(10-4-5-11(16)12(17)6-10)18-13(19)7-14(2,3)8-15/h4-6,9H,7-8H2,1-3H3,(H,18,19). The lowest BCUT2D eigenvalue weighted by atomic mass is 9.91. The molecule has 0 fully saturated rings. The Hall–Kier alpha value is -0.250. The van der Waals surface area contributed by atoms with Gasteiger partial charge in [-0.1, -0.05) is 59.0 Å². The van der Waals surface area contributed by atoms with Gasteiger partial charge < -0.3 is 5.32 Å². The van der Waals surface area contributed by atoms with Gasteiger partial charge in [0.05, 0.1) is 16.1 Å². The molecule has 1 atom stereocenters. The average molecular weight is 367 g/mol. The van der Waals surface area contributed by atoms with Gasteiger partial charge >= 0.3 is 0 Å². The minimum Gasteiger partial charge on any atom is -0.350 e. The summed E-state index contributed by atoms with van der Waals surface area (Å²) >= 11 is 15.3. The van der Waals surface area contributed by atoms with Gasteiger partial charge in [0.2, 0.25) is 5.91 Å². The topological polar surface area (TPSA) is 29.1 Å². The third-order valence-electron chi connectivity index (χ3n) is 2.82. The van der Waals surface area contributed by atoms with Crippen molar-refractivity contribution in [2.45, 2.75) is 33.2 Å². The Labute approximate surface area is 133 Å². The van der Waals surface area contributed by atoms with Gasteiger partial charge in [0.15, 0.2) is 0 Å². The van der Waals surface area contributed by atoms with Crippen LogP contribution in [-0.4, -0.2) is 11.2 Å². The summed E-state index contributed by atoms with van der Waals surface area (Å²) in [6.45, 7) is 6.02. The Bertz CT molecular complexity index is 463. The lowest BCUT2D eigenvalue weighted by Gasteiger charge is -2.22. The van der Waals surface area contributed by atoms with E-state index in [0.29, 0.717) is 16.5 Å². The highest BCUT2D eigenvalue weighted by atomic mass is 79.9. The summed E-state index contributed by atoms with van der Waals surface area (Å²) in [7, 11) is 0. The van der Waals surface area contributed by atoms with E-state index < -0.39 is 0 Å². The molecular formula is C14H18BrCl2NO. The predicted molar refractivity (Wildman–Crippen MR) is 85.2 cm³/mol. The van der Waals surface area contributed by atoms with Crippen molar-refractivity contribution in [3.63, 3.8) is 0 Å². The van der Waals surface area contributed by atoms with E-state index in [4.69, 9.17) is 23.2 Å². The summed E-state index contributed by atoms with van der Waals surface area (Å²) in [6, 6.07) is 5.30. The van der Waals surface area contributed by atoms with E-state index in [9.17, 15) is 4.79 Å². The highest BCUT2D eigenvalue weighted by Crippen LogP contribution is 2.26. The molecule has 2 nitrogen and oxygen atoms in total. The quantitative estimate of drug-likeness (QED) is 0.731. The molecule has 1 amide bonds. The number of carbonyl (C=O) groups excluding carboxylic acids is 1. The van der Waals surface area contributed by atoms with Crippen LogP contribution in [0.15, 0.2) is 18.2 Å². The molecule has 5 heteroatoms. The van der Waals surface area contributed by atoms with Crippen LogP contribution in [0.3, 0.4) is 0 Å². The summed E-state index contributed by atoms with van der Waals surface area (Å²) < 4.78 is 0. The molecule has 0 aliphatic heterocycles. The summed E-state index contributed by atoms with van der Waals surface area (Å²) in [5, 5.41) is 4.78. The first-order chi connectivity index (χ1) is 8.75. The van der Waals surface area contributed by atoms with Gasteiger partial charge in [-0.3, -0.25) is 4.79 Å². The number of nitrogens with one attached hydrogen (secondary N) is 1. The van der Waals surface area contributed by atoms with E-state index in [0.717, 1.165) is 10.9 Å². The fourth-order valence-corrected chi connectivity index (χ4v) is 2.14. The maximum Gasteiger partial charge on any atom is 0.221 e. The Balaban J connectivity index is 2.66. The lowest BCUT2D eigenvalue weighted by molar-refractivity contribution is -0.123. The van der Waals surface area contributed by atoms with Gasteiger partial charge in [0.1, 0.15) is 0 Å². The second kappa shape index (κ2) is 6.96. The third kappa shape index (κ3) is 5.33. The predicted octanol–water partition coefficient (Wildman–Crippen LogP) is 4.98. The fourth-order valence-electron chi connectivity index (χ4n) is 1.64. The van der Waals surface area contributed by atoms with Crippen LogP contribution in [0, 0.1) is 5.41 Å². The number of hydrogen-bond acceptors (Lipinski definition) is 1. The van der Waals surface area contributed by atoms with Crippen LogP contribution in [0.25, 0.3) is 0 Å². The number of amides is 1. The smallest absolute Gasteiger partial charge is 0.221 e. The first kappa shape index (κ1) is 16.8. The van der Waals surface area contributed by atoms with Gasteiger partial charge in [-0.05, 0) is 30.0 Å². The normalized spacial score (nSPS) is 13.2. The maximum absolute atomic E-state index is 12.0. The minimum absolute atomic E-state index is 0.0306. The van der Waals surface area contributed by atoms with E-state index in [1.807, 2.05) is 26.8 Å². The monoisotopic (exact) mass is 365 g/mol. The molecule has 0 heterocycles. The zero-order valence-electron chi connectivity index (χ0n) is 11.3. The van der Waals surface area contributed by atoms with Gasteiger partial charge in [-0.15, -0.1) is 0 Å². The Morgan fingerprint density at radius 1 is 1.37 bits per heavy atom. The molecule has 1 rings (SSSR count). The molecule has 1 N–H and O–H groups in total. The second-order valence-electron chi connectivity index (χ2n) is 5.44. The van der Waals surface area contributed by atoms with E-state index >= 15 is 0 Å². The van der Waals surface area contributed by atoms with Gasteiger partial charge in [0.25, 0.3) is 0 Å². The number of carbonyl (C=O) groups is 1. The highest BCUT2D eigenvalue weighted by molar-refractivity contribution is 9.09. The Kier molecular flexibility index (Phi) is 6.15. The van der Waals surface area contributed by atoms with Crippen molar-refractivity contribution in [3.05, 3.63) is 33.8 Å². The van der Waals surface area contributed by atoms with Crippen molar-refractivity contribution < 1.29 is 4.79 Å². The number of halogens is 3. The molecule has 0 bridgehead atoms. The SMILES string of the molecule is CC(NC(=O)CC(C)(C)CBr)c1ccc(Cl)c(Cl)c1. The molecular weight excluding hydrogens is 349 g/mol. The van der Waals surface area contributed by atoms with Gasteiger partial charge in [0, 0.05) is 11.8 Å². The summed E-state index contributed by atoms with van der Waals surface area (Å²) in [5.41, 5.74) is 0.890. The van der Waals surface area contributed by atoms with Gasteiger partial charge in [-0.2, -0.15) is 0 Å². The largest absolute Gasteiger partial charge is 0.350 e. The number of benzene rings is 1. The van der Waals surface area contributed by atoms with Crippen molar-refractivity contribution in [1.29, 1.82) is 0 Å².